The van der Waals surface area contributed by atoms with Crippen molar-refractivity contribution in [2.45, 2.75) is 13.0 Å². The third-order valence-corrected chi connectivity index (χ3v) is 2.18. The number of hydrogen-bond acceptors (Lipinski definition) is 3. The van der Waals surface area contributed by atoms with E-state index in [1.54, 1.807) is 0 Å². The molecular formula is C8H14N4. The van der Waals surface area contributed by atoms with Crippen LogP contribution in [0, 0.1) is 0 Å². The zero-order valence-electron chi connectivity index (χ0n) is 7.30. The van der Waals surface area contributed by atoms with Crippen LogP contribution in [0.5, 0.6) is 0 Å². The molecule has 2 rings (SSSR count). The lowest BCUT2D eigenvalue weighted by atomic mass is 10.3. The van der Waals surface area contributed by atoms with E-state index in [4.69, 9.17) is 0 Å². The molecule has 2 N–H and O–H groups in total. The highest BCUT2D eigenvalue weighted by molar-refractivity contribution is 5.35. The third kappa shape index (κ3) is 1.30. The van der Waals surface area contributed by atoms with E-state index in [1.165, 1.54) is 5.69 Å². The van der Waals surface area contributed by atoms with Crippen LogP contribution in [0.15, 0.2) is 6.07 Å². The zero-order chi connectivity index (χ0) is 8.39. The lowest BCUT2D eigenvalue weighted by Gasteiger charge is -1.99. The Balaban J connectivity index is 2.26. The molecule has 4 nitrogen and oxygen atoms in total. The van der Waals surface area contributed by atoms with Gasteiger partial charge in [-0.25, -0.2) is 0 Å². The molecule has 0 amide bonds. The Labute approximate surface area is 72.0 Å². The molecule has 2 heterocycles. The summed E-state index contributed by atoms with van der Waals surface area (Å²) < 4.78 is 2.08. The number of aromatic nitrogens is 2. The van der Waals surface area contributed by atoms with Crippen LogP contribution in [-0.2, 0) is 13.0 Å². The highest BCUT2D eigenvalue weighted by Crippen LogP contribution is 2.10. The van der Waals surface area contributed by atoms with Gasteiger partial charge >= 0.3 is 0 Å². The topological polar surface area (TPSA) is 41.9 Å². The van der Waals surface area contributed by atoms with E-state index in [1.807, 2.05) is 7.05 Å². The van der Waals surface area contributed by atoms with Crippen LogP contribution in [-0.4, -0.2) is 29.9 Å². The first kappa shape index (κ1) is 7.61. The molecule has 0 atom stereocenters. The number of fused-ring (bicyclic) bond motifs is 1. The Kier molecular flexibility index (Phi) is 1.99. The minimum absolute atomic E-state index is 0.979. The molecule has 1 aromatic heterocycles. The van der Waals surface area contributed by atoms with Crippen LogP contribution in [0.2, 0.25) is 0 Å². The van der Waals surface area contributed by atoms with Crippen LogP contribution in [0.3, 0.4) is 0 Å². The second-order valence-corrected chi connectivity index (χ2v) is 2.99. The van der Waals surface area contributed by atoms with Gasteiger partial charge in [0.1, 0.15) is 5.82 Å². The fourth-order valence-electron chi connectivity index (χ4n) is 1.50. The molecule has 0 fully saturated rings. The van der Waals surface area contributed by atoms with Gasteiger partial charge in [0.05, 0.1) is 6.54 Å². The van der Waals surface area contributed by atoms with Gasteiger partial charge in [-0.1, -0.05) is 0 Å². The van der Waals surface area contributed by atoms with E-state index >= 15 is 0 Å². The van der Waals surface area contributed by atoms with Crippen molar-refractivity contribution >= 4 is 5.82 Å². The molecule has 1 aromatic rings. The SMILES string of the molecule is CNc1cc2n(n1)CCNCC2. The van der Waals surface area contributed by atoms with E-state index in [2.05, 4.69) is 26.5 Å². The van der Waals surface area contributed by atoms with Gasteiger partial charge in [0.15, 0.2) is 0 Å². The van der Waals surface area contributed by atoms with Crippen LogP contribution >= 0.6 is 0 Å². The Morgan fingerprint density at radius 3 is 3.33 bits per heavy atom. The Bertz CT molecular complexity index is 243. The highest BCUT2D eigenvalue weighted by Gasteiger charge is 2.08. The van der Waals surface area contributed by atoms with Crippen LogP contribution < -0.4 is 10.6 Å². The summed E-state index contributed by atoms with van der Waals surface area (Å²) in [6, 6.07) is 2.12. The second kappa shape index (κ2) is 3.15. The summed E-state index contributed by atoms with van der Waals surface area (Å²) in [5.74, 6) is 0.979. The van der Waals surface area contributed by atoms with Gasteiger partial charge in [-0.3, -0.25) is 4.68 Å². The lowest BCUT2D eigenvalue weighted by Crippen LogP contribution is -2.17. The molecule has 0 aromatic carbocycles. The van der Waals surface area contributed by atoms with Gasteiger partial charge < -0.3 is 10.6 Å². The fraction of sp³-hybridized carbons (Fsp3) is 0.625. The average Bonchev–Trinajstić information content (AvgIpc) is 2.37. The van der Waals surface area contributed by atoms with Crippen molar-refractivity contribution in [3.63, 3.8) is 0 Å². The van der Waals surface area contributed by atoms with E-state index in [9.17, 15) is 0 Å². The average molecular weight is 166 g/mol. The normalized spacial score (nSPS) is 16.8. The van der Waals surface area contributed by atoms with Gasteiger partial charge in [-0.2, -0.15) is 5.10 Å². The number of rotatable bonds is 1. The predicted molar refractivity (Wildman–Crippen MR) is 48.3 cm³/mol. The van der Waals surface area contributed by atoms with Gasteiger partial charge in [0, 0.05) is 38.3 Å². The summed E-state index contributed by atoms with van der Waals surface area (Å²) >= 11 is 0. The first-order valence-corrected chi connectivity index (χ1v) is 4.35. The molecule has 0 aliphatic carbocycles. The molecular weight excluding hydrogens is 152 g/mol. The van der Waals surface area contributed by atoms with E-state index in [0.29, 0.717) is 0 Å². The van der Waals surface area contributed by atoms with Crippen LogP contribution in [0.4, 0.5) is 5.82 Å². The molecule has 12 heavy (non-hydrogen) atoms. The molecule has 1 aliphatic rings. The summed E-state index contributed by atoms with van der Waals surface area (Å²) in [6.45, 7) is 3.07. The standard InChI is InChI=1S/C8H14N4/c1-9-8-6-7-2-3-10-4-5-12(7)11-8/h6,10H,2-5H2,1H3,(H,9,11). The van der Waals surface area contributed by atoms with Gasteiger partial charge in [-0.05, 0) is 0 Å². The lowest BCUT2D eigenvalue weighted by molar-refractivity contribution is 0.591. The maximum absolute atomic E-state index is 4.39. The first-order chi connectivity index (χ1) is 5.90. The first-order valence-electron chi connectivity index (χ1n) is 4.35. The van der Waals surface area contributed by atoms with Crippen molar-refractivity contribution in [2.24, 2.45) is 0 Å². The Hall–Kier alpha value is -1.03. The van der Waals surface area contributed by atoms with Gasteiger partial charge in [-0.15, -0.1) is 0 Å². The largest absolute Gasteiger partial charge is 0.372 e. The summed E-state index contributed by atoms with van der Waals surface area (Å²) in [7, 11) is 1.90. The Morgan fingerprint density at radius 2 is 2.50 bits per heavy atom. The number of hydrogen-bond donors (Lipinski definition) is 2. The van der Waals surface area contributed by atoms with Crippen molar-refractivity contribution in [1.29, 1.82) is 0 Å². The van der Waals surface area contributed by atoms with E-state index < -0.39 is 0 Å². The second-order valence-electron chi connectivity index (χ2n) is 2.99. The minimum Gasteiger partial charge on any atom is -0.372 e. The molecule has 66 valence electrons. The molecule has 1 aliphatic heterocycles. The number of anilines is 1. The van der Waals surface area contributed by atoms with Gasteiger partial charge in [0.25, 0.3) is 0 Å². The molecule has 0 unspecified atom stereocenters. The van der Waals surface area contributed by atoms with E-state index in [-0.39, 0.29) is 0 Å². The maximum atomic E-state index is 4.39. The third-order valence-electron chi connectivity index (χ3n) is 2.18. The summed E-state index contributed by atoms with van der Waals surface area (Å²) in [6.07, 6.45) is 1.08. The molecule has 4 heteroatoms. The summed E-state index contributed by atoms with van der Waals surface area (Å²) in [5.41, 5.74) is 1.32. The summed E-state index contributed by atoms with van der Waals surface area (Å²) in [4.78, 5) is 0. The number of nitrogens with one attached hydrogen (secondary N) is 2. The Morgan fingerprint density at radius 1 is 1.58 bits per heavy atom. The monoisotopic (exact) mass is 166 g/mol. The fourth-order valence-corrected chi connectivity index (χ4v) is 1.50. The smallest absolute Gasteiger partial charge is 0.148 e. The highest BCUT2D eigenvalue weighted by atomic mass is 15.3. The molecule has 0 saturated heterocycles. The van der Waals surface area contributed by atoms with Crippen molar-refractivity contribution in [3.8, 4) is 0 Å². The maximum Gasteiger partial charge on any atom is 0.148 e. The van der Waals surface area contributed by atoms with Crippen LogP contribution in [0.25, 0.3) is 0 Å². The number of nitrogens with zero attached hydrogens (tertiary/aromatic N) is 2. The predicted octanol–water partition coefficient (Wildman–Crippen LogP) is 0.0705. The minimum atomic E-state index is 0.979. The molecule has 0 spiro atoms. The van der Waals surface area contributed by atoms with Gasteiger partial charge in [0.2, 0.25) is 0 Å². The van der Waals surface area contributed by atoms with Crippen molar-refractivity contribution in [3.05, 3.63) is 11.8 Å². The molecule has 0 bridgehead atoms. The molecule has 0 radical (unpaired) electrons. The zero-order valence-corrected chi connectivity index (χ0v) is 7.30. The van der Waals surface area contributed by atoms with Crippen molar-refractivity contribution in [2.75, 3.05) is 25.5 Å². The van der Waals surface area contributed by atoms with Crippen LogP contribution in [0.1, 0.15) is 5.69 Å². The van der Waals surface area contributed by atoms with Crippen molar-refractivity contribution in [1.82, 2.24) is 15.1 Å². The van der Waals surface area contributed by atoms with E-state index in [0.717, 1.165) is 31.9 Å². The molecule has 0 saturated carbocycles. The summed E-state index contributed by atoms with van der Waals surface area (Å²) in [5, 5.41) is 10.8. The van der Waals surface area contributed by atoms with Crippen molar-refractivity contribution < 1.29 is 0 Å². The quantitative estimate of drug-likeness (QED) is 0.620.